The van der Waals surface area contributed by atoms with E-state index in [9.17, 15) is 4.79 Å². The highest BCUT2D eigenvalue weighted by molar-refractivity contribution is 6.30. The average Bonchev–Trinajstić information content (AvgIpc) is 3.00. The van der Waals surface area contributed by atoms with E-state index in [0.717, 1.165) is 61.7 Å². The highest BCUT2D eigenvalue weighted by Crippen LogP contribution is 2.15. The Morgan fingerprint density at radius 2 is 1.87 bits per heavy atom. The molecule has 6 nitrogen and oxygen atoms in total. The van der Waals surface area contributed by atoms with Crippen molar-refractivity contribution in [1.82, 2.24) is 19.2 Å². The van der Waals surface area contributed by atoms with Crippen molar-refractivity contribution >= 4 is 34.9 Å². The third-order valence-electron chi connectivity index (χ3n) is 5.58. The molecule has 31 heavy (non-hydrogen) atoms. The lowest BCUT2D eigenvalue weighted by atomic mass is 10.2. The van der Waals surface area contributed by atoms with Crippen molar-refractivity contribution in [2.24, 2.45) is 0 Å². The van der Waals surface area contributed by atoms with Gasteiger partial charge in [-0.05, 0) is 42.3 Å². The number of pyridine rings is 1. The first-order valence-corrected chi connectivity index (χ1v) is 11.0. The summed E-state index contributed by atoms with van der Waals surface area (Å²) in [5.74, 6) is 0.0703. The molecule has 1 fully saturated rings. The van der Waals surface area contributed by atoms with Crippen LogP contribution in [0.25, 0.3) is 11.7 Å². The molecule has 0 aliphatic carbocycles. The highest BCUT2D eigenvalue weighted by atomic mass is 35.5. The van der Waals surface area contributed by atoms with E-state index in [0.29, 0.717) is 5.02 Å². The smallest absolute Gasteiger partial charge is 0.246 e. The average molecular weight is 438 g/mol. The number of amides is 1. The Balaban J connectivity index is 1.32. The molecule has 4 rings (SSSR count). The molecule has 1 aromatic carbocycles. The van der Waals surface area contributed by atoms with Crippen LogP contribution in [0.5, 0.6) is 0 Å². The van der Waals surface area contributed by atoms with Gasteiger partial charge in [0.15, 0.2) is 0 Å². The second-order valence-electron chi connectivity index (χ2n) is 8.12. The van der Waals surface area contributed by atoms with Crippen molar-refractivity contribution in [3.63, 3.8) is 0 Å². The molecular formula is C24H28ClN5O. The maximum Gasteiger partial charge on any atom is 0.246 e. The Morgan fingerprint density at radius 3 is 2.65 bits per heavy atom. The number of anilines is 1. The molecule has 2 aromatic heterocycles. The predicted octanol–water partition coefficient (Wildman–Crippen LogP) is 3.80. The summed E-state index contributed by atoms with van der Waals surface area (Å²) in [4.78, 5) is 23.7. The van der Waals surface area contributed by atoms with Crippen molar-refractivity contribution in [3.8, 4) is 0 Å². The lowest BCUT2D eigenvalue weighted by Gasteiger charge is -2.20. The van der Waals surface area contributed by atoms with Crippen molar-refractivity contribution < 1.29 is 4.79 Å². The van der Waals surface area contributed by atoms with E-state index in [4.69, 9.17) is 11.6 Å². The summed E-state index contributed by atoms with van der Waals surface area (Å²) in [6.45, 7) is 4.07. The quantitative estimate of drug-likeness (QED) is 0.569. The first-order valence-electron chi connectivity index (χ1n) is 10.6. The summed E-state index contributed by atoms with van der Waals surface area (Å²) in [7, 11) is 4.03. The number of benzene rings is 1. The Bertz CT molecular complexity index is 1070. The number of imidazole rings is 1. The molecule has 0 bridgehead atoms. The van der Waals surface area contributed by atoms with Gasteiger partial charge in [-0.15, -0.1) is 0 Å². The van der Waals surface area contributed by atoms with Crippen LogP contribution in [0.15, 0.2) is 54.9 Å². The van der Waals surface area contributed by atoms with Crippen molar-refractivity contribution in [3.05, 3.63) is 71.1 Å². The van der Waals surface area contributed by atoms with Gasteiger partial charge < -0.3 is 14.2 Å². The van der Waals surface area contributed by atoms with Gasteiger partial charge in [0, 0.05) is 71.0 Å². The van der Waals surface area contributed by atoms with Crippen LogP contribution in [-0.2, 0) is 11.3 Å². The summed E-state index contributed by atoms with van der Waals surface area (Å²) in [5, 5.41) is 0.696. The van der Waals surface area contributed by atoms with Crippen LogP contribution in [0, 0.1) is 0 Å². The third-order valence-corrected chi connectivity index (χ3v) is 5.80. The molecule has 0 unspecified atom stereocenters. The van der Waals surface area contributed by atoms with E-state index in [1.54, 1.807) is 6.08 Å². The number of carbonyl (C=O) groups is 1. The fraction of sp³-hybridized carbons (Fsp3) is 0.333. The summed E-state index contributed by atoms with van der Waals surface area (Å²) in [6.07, 6.45) is 8.44. The van der Waals surface area contributed by atoms with E-state index in [2.05, 4.69) is 26.9 Å². The van der Waals surface area contributed by atoms with Crippen molar-refractivity contribution in [1.29, 1.82) is 0 Å². The van der Waals surface area contributed by atoms with Crippen LogP contribution in [0.2, 0.25) is 5.02 Å². The first-order chi connectivity index (χ1) is 15.0. The third kappa shape index (κ3) is 5.46. The zero-order valence-electron chi connectivity index (χ0n) is 18.0. The molecule has 162 valence electrons. The SMILES string of the molecule is CN(C)c1ccc(/C=C/C(=O)N2CCCN(Cc3cn4cc(Cl)ccc4n3)CC2)cc1. The topological polar surface area (TPSA) is 44.1 Å². The second kappa shape index (κ2) is 9.54. The standard InChI is InChI=1S/C24H28ClN5O/c1-27(2)22-8-4-19(5-9-22)6-11-24(31)29-13-3-12-28(14-15-29)17-21-18-30-16-20(25)7-10-23(30)26-21/h4-11,16,18H,3,12-15,17H2,1-2H3/b11-6+. The zero-order valence-corrected chi connectivity index (χ0v) is 18.8. The first kappa shape index (κ1) is 21.4. The number of hydrogen-bond acceptors (Lipinski definition) is 4. The number of hydrogen-bond donors (Lipinski definition) is 0. The summed E-state index contributed by atoms with van der Waals surface area (Å²) >= 11 is 6.07. The summed E-state index contributed by atoms with van der Waals surface area (Å²) < 4.78 is 1.96. The van der Waals surface area contributed by atoms with Crippen molar-refractivity contribution in [2.75, 3.05) is 45.2 Å². The minimum Gasteiger partial charge on any atom is -0.378 e. The molecule has 7 heteroatoms. The Labute approximate surface area is 188 Å². The number of carbonyl (C=O) groups excluding carboxylic acids is 1. The van der Waals surface area contributed by atoms with Crippen LogP contribution < -0.4 is 4.90 Å². The molecule has 0 saturated carbocycles. The van der Waals surface area contributed by atoms with E-state index in [1.807, 2.05) is 66.1 Å². The number of rotatable bonds is 5. The van der Waals surface area contributed by atoms with E-state index in [1.165, 1.54) is 0 Å². The Kier molecular flexibility index (Phi) is 6.59. The largest absolute Gasteiger partial charge is 0.378 e. The molecule has 1 aliphatic rings. The fourth-order valence-electron chi connectivity index (χ4n) is 3.83. The minimum atomic E-state index is 0.0703. The Hall–Kier alpha value is -2.83. The molecule has 0 radical (unpaired) electrons. The molecule has 3 heterocycles. The molecule has 0 N–H and O–H groups in total. The van der Waals surface area contributed by atoms with Crippen molar-refractivity contribution in [2.45, 2.75) is 13.0 Å². The summed E-state index contributed by atoms with van der Waals surface area (Å²) in [6, 6.07) is 12.0. The molecule has 1 saturated heterocycles. The number of aromatic nitrogens is 2. The predicted molar refractivity (Wildman–Crippen MR) is 126 cm³/mol. The van der Waals surface area contributed by atoms with Gasteiger partial charge >= 0.3 is 0 Å². The van der Waals surface area contributed by atoms with Gasteiger partial charge in [0.25, 0.3) is 0 Å². The molecule has 3 aromatic rings. The van der Waals surface area contributed by atoms with E-state index in [-0.39, 0.29) is 5.91 Å². The molecule has 1 amide bonds. The van der Waals surface area contributed by atoms with E-state index < -0.39 is 0 Å². The van der Waals surface area contributed by atoms with Crippen LogP contribution in [0.1, 0.15) is 17.7 Å². The molecule has 1 aliphatic heterocycles. The second-order valence-corrected chi connectivity index (χ2v) is 8.56. The maximum atomic E-state index is 12.7. The van der Waals surface area contributed by atoms with Crippen LogP contribution in [-0.4, -0.2) is 65.4 Å². The Morgan fingerprint density at radius 1 is 1.06 bits per heavy atom. The molecule has 0 spiro atoms. The van der Waals surface area contributed by atoms with Gasteiger partial charge in [0.1, 0.15) is 5.65 Å². The summed E-state index contributed by atoms with van der Waals surface area (Å²) in [5.41, 5.74) is 4.09. The van der Waals surface area contributed by atoms with Crippen LogP contribution in [0.4, 0.5) is 5.69 Å². The van der Waals surface area contributed by atoms with Gasteiger partial charge in [-0.3, -0.25) is 9.69 Å². The maximum absolute atomic E-state index is 12.7. The van der Waals surface area contributed by atoms with Gasteiger partial charge in [0.2, 0.25) is 5.91 Å². The van der Waals surface area contributed by atoms with Gasteiger partial charge in [-0.1, -0.05) is 23.7 Å². The van der Waals surface area contributed by atoms with Gasteiger partial charge in [0.05, 0.1) is 10.7 Å². The lowest BCUT2D eigenvalue weighted by Crippen LogP contribution is -2.34. The fourth-order valence-corrected chi connectivity index (χ4v) is 4.00. The normalized spacial score (nSPS) is 15.5. The van der Waals surface area contributed by atoms with Crippen LogP contribution in [0.3, 0.4) is 0 Å². The van der Waals surface area contributed by atoms with Crippen LogP contribution >= 0.6 is 11.6 Å². The molecule has 0 atom stereocenters. The molecular weight excluding hydrogens is 410 g/mol. The van der Waals surface area contributed by atoms with E-state index >= 15 is 0 Å². The minimum absolute atomic E-state index is 0.0703. The number of nitrogens with zero attached hydrogens (tertiary/aromatic N) is 5. The highest BCUT2D eigenvalue weighted by Gasteiger charge is 2.18. The van der Waals surface area contributed by atoms with Gasteiger partial charge in [-0.2, -0.15) is 0 Å². The number of halogens is 1. The number of fused-ring (bicyclic) bond motifs is 1. The lowest BCUT2D eigenvalue weighted by molar-refractivity contribution is -0.125. The zero-order chi connectivity index (χ0) is 21.8. The monoisotopic (exact) mass is 437 g/mol. The van der Waals surface area contributed by atoms with Gasteiger partial charge in [-0.25, -0.2) is 4.98 Å².